The first-order valence-corrected chi connectivity index (χ1v) is 5.12. The Kier molecular flexibility index (Phi) is 3.31. The van der Waals surface area contributed by atoms with Crippen LogP contribution in [-0.4, -0.2) is 9.97 Å². The highest BCUT2D eigenvalue weighted by Crippen LogP contribution is 2.21. The zero-order valence-corrected chi connectivity index (χ0v) is 8.99. The van der Waals surface area contributed by atoms with Gasteiger partial charge in [0.2, 0.25) is 5.88 Å². The van der Waals surface area contributed by atoms with Gasteiger partial charge in [-0.1, -0.05) is 12.1 Å². The molecule has 16 heavy (non-hydrogen) atoms. The lowest BCUT2D eigenvalue weighted by atomic mass is 10.3. The number of para-hydroxylation sites is 1. The average molecular weight is 239 g/mol. The molecule has 0 atom stereocenters. The number of nitrogens with zero attached hydrogens (tertiary/aromatic N) is 2. The highest BCUT2D eigenvalue weighted by Gasteiger charge is 2.05. The number of hydrogen-bond donors (Lipinski definition) is 0. The minimum Gasteiger partial charge on any atom is -0.434 e. The molecule has 0 unspecified atom stereocenters. The zero-order valence-electron chi connectivity index (χ0n) is 8.23. The van der Waals surface area contributed by atoms with Crippen LogP contribution in [0.4, 0.5) is 4.39 Å². The highest BCUT2D eigenvalue weighted by atomic mass is 35.5. The molecule has 0 aliphatic heterocycles. The molecule has 0 fully saturated rings. The van der Waals surface area contributed by atoms with Gasteiger partial charge in [0, 0.05) is 6.20 Å². The molecule has 3 nitrogen and oxygen atoms in total. The van der Waals surface area contributed by atoms with Gasteiger partial charge in [-0.25, -0.2) is 9.37 Å². The van der Waals surface area contributed by atoms with Crippen LogP contribution >= 0.6 is 11.6 Å². The van der Waals surface area contributed by atoms with Crippen LogP contribution in [0.25, 0.3) is 0 Å². The predicted octanol–water partition coefficient (Wildman–Crippen LogP) is 3.15. The molecule has 0 spiro atoms. The van der Waals surface area contributed by atoms with Gasteiger partial charge in [0.05, 0.1) is 17.8 Å². The first kappa shape index (κ1) is 10.8. The van der Waals surface area contributed by atoms with E-state index in [2.05, 4.69) is 9.97 Å². The van der Waals surface area contributed by atoms with Crippen LogP contribution in [0.1, 0.15) is 5.69 Å². The van der Waals surface area contributed by atoms with Crippen molar-refractivity contribution in [3.63, 3.8) is 0 Å². The number of alkyl halides is 1. The van der Waals surface area contributed by atoms with Crippen molar-refractivity contribution >= 4 is 11.6 Å². The van der Waals surface area contributed by atoms with E-state index < -0.39 is 5.82 Å². The topological polar surface area (TPSA) is 35.0 Å². The Hall–Kier alpha value is -1.68. The standard InChI is InChI=1S/C11H8ClFN2O/c12-5-8-6-14-7-11(15-8)16-10-4-2-1-3-9(10)13/h1-4,6-7H,5H2. The van der Waals surface area contributed by atoms with Gasteiger partial charge in [0.25, 0.3) is 0 Å². The number of rotatable bonds is 3. The molecule has 5 heteroatoms. The molecule has 0 saturated heterocycles. The minimum absolute atomic E-state index is 0.114. The summed E-state index contributed by atoms with van der Waals surface area (Å²) >= 11 is 5.60. The van der Waals surface area contributed by atoms with E-state index in [-0.39, 0.29) is 17.5 Å². The molecular weight excluding hydrogens is 231 g/mol. The fraction of sp³-hybridized carbons (Fsp3) is 0.0909. The van der Waals surface area contributed by atoms with E-state index in [1.165, 1.54) is 24.5 Å². The van der Waals surface area contributed by atoms with Crippen molar-refractivity contribution in [1.82, 2.24) is 9.97 Å². The summed E-state index contributed by atoms with van der Waals surface area (Å²) < 4.78 is 18.5. The van der Waals surface area contributed by atoms with Crippen LogP contribution in [0.15, 0.2) is 36.7 Å². The molecule has 0 radical (unpaired) electrons. The van der Waals surface area contributed by atoms with Gasteiger partial charge in [-0.2, -0.15) is 0 Å². The summed E-state index contributed by atoms with van der Waals surface area (Å²) in [5.74, 6) is 0.133. The molecule has 2 aromatic rings. The van der Waals surface area contributed by atoms with Crippen LogP contribution in [-0.2, 0) is 5.88 Å². The fourth-order valence-electron chi connectivity index (χ4n) is 1.14. The first-order valence-electron chi connectivity index (χ1n) is 4.59. The van der Waals surface area contributed by atoms with Gasteiger partial charge in [0.15, 0.2) is 11.6 Å². The SMILES string of the molecule is Fc1ccccc1Oc1cncc(CCl)n1. The van der Waals surface area contributed by atoms with Crippen molar-refractivity contribution in [2.75, 3.05) is 0 Å². The van der Waals surface area contributed by atoms with Crippen molar-refractivity contribution in [2.24, 2.45) is 0 Å². The van der Waals surface area contributed by atoms with Crippen LogP contribution in [0.3, 0.4) is 0 Å². The number of aromatic nitrogens is 2. The Balaban J connectivity index is 2.24. The minimum atomic E-state index is -0.444. The third-order valence-corrected chi connectivity index (χ3v) is 2.12. The van der Waals surface area contributed by atoms with Gasteiger partial charge < -0.3 is 4.74 Å². The average Bonchev–Trinajstić information content (AvgIpc) is 2.32. The van der Waals surface area contributed by atoms with Gasteiger partial charge in [0.1, 0.15) is 0 Å². The summed E-state index contributed by atoms with van der Waals surface area (Å²) in [4.78, 5) is 7.93. The summed E-state index contributed by atoms with van der Waals surface area (Å²) in [7, 11) is 0. The van der Waals surface area contributed by atoms with E-state index in [4.69, 9.17) is 16.3 Å². The summed E-state index contributed by atoms with van der Waals surface area (Å²) in [6.07, 6.45) is 2.93. The van der Waals surface area contributed by atoms with Gasteiger partial charge >= 0.3 is 0 Å². The Labute approximate surface area is 96.9 Å². The molecule has 1 aromatic carbocycles. The summed E-state index contributed by atoms with van der Waals surface area (Å²) in [5.41, 5.74) is 0.579. The maximum Gasteiger partial charge on any atom is 0.238 e. The molecule has 82 valence electrons. The van der Waals surface area contributed by atoms with Crippen molar-refractivity contribution in [1.29, 1.82) is 0 Å². The predicted molar refractivity (Wildman–Crippen MR) is 58.1 cm³/mol. The normalized spacial score (nSPS) is 10.1. The van der Waals surface area contributed by atoms with Crippen LogP contribution in [0, 0.1) is 5.82 Å². The van der Waals surface area contributed by atoms with Crippen molar-refractivity contribution in [3.05, 3.63) is 48.2 Å². The van der Waals surface area contributed by atoms with Crippen LogP contribution in [0.5, 0.6) is 11.6 Å². The maximum absolute atomic E-state index is 13.3. The molecule has 1 aromatic heterocycles. The van der Waals surface area contributed by atoms with E-state index in [1.54, 1.807) is 12.1 Å². The molecule has 2 rings (SSSR count). The van der Waals surface area contributed by atoms with E-state index in [1.807, 2.05) is 0 Å². The Morgan fingerprint density at radius 3 is 2.81 bits per heavy atom. The van der Waals surface area contributed by atoms with Gasteiger partial charge in [-0.05, 0) is 12.1 Å². The molecule has 0 N–H and O–H groups in total. The van der Waals surface area contributed by atoms with Crippen LogP contribution < -0.4 is 4.74 Å². The molecule has 0 aliphatic rings. The van der Waals surface area contributed by atoms with Crippen molar-refractivity contribution in [2.45, 2.75) is 5.88 Å². The van der Waals surface area contributed by atoms with Crippen LogP contribution in [0.2, 0.25) is 0 Å². The number of ether oxygens (including phenoxy) is 1. The monoisotopic (exact) mass is 238 g/mol. The van der Waals surface area contributed by atoms with Gasteiger partial charge in [-0.15, -0.1) is 11.6 Å². The molecule has 1 heterocycles. The van der Waals surface area contributed by atoms with E-state index in [9.17, 15) is 4.39 Å². The summed E-state index contributed by atoms with van der Waals surface area (Å²) in [6.45, 7) is 0. The van der Waals surface area contributed by atoms with E-state index >= 15 is 0 Å². The Bertz CT molecular complexity index is 493. The smallest absolute Gasteiger partial charge is 0.238 e. The quantitative estimate of drug-likeness (QED) is 0.771. The molecule has 0 aliphatic carbocycles. The highest BCUT2D eigenvalue weighted by molar-refractivity contribution is 6.16. The van der Waals surface area contributed by atoms with Crippen molar-refractivity contribution < 1.29 is 9.13 Å². The van der Waals surface area contributed by atoms with Crippen molar-refractivity contribution in [3.8, 4) is 11.6 Å². The Morgan fingerprint density at radius 1 is 1.25 bits per heavy atom. The first-order chi connectivity index (χ1) is 7.79. The summed E-state index contributed by atoms with van der Waals surface area (Å²) in [5, 5.41) is 0. The lowest BCUT2D eigenvalue weighted by Crippen LogP contribution is -1.94. The second kappa shape index (κ2) is 4.90. The lowest BCUT2D eigenvalue weighted by Gasteiger charge is -2.05. The lowest BCUT2D eigenvalue weighted by molar-refractivity contribution is 0.424. The maximum atomic E-state index is 13.3. The third-order valence-electron chi connectivity index (χ3n) is 1.85. The number of hydrogen-bond acceptors (Lipinski definition) is 3. The fourth-order valence-corrected chi connectivity index (χ4v) is 1.27. The zero-order chi connectivity index (χ0) is 11.4. The summed E-state index contributed by atoms with van der Waals surface area (Å²) in [6, 6.07) is 6.10. The second-order valence-electron chi connectivity index (χ2n) is 3.01. The molecule has 0 bridgehead atoms. The van der Waals surface area contributed by atoms with E-state index in [0.717, 1.165) is 0 Å². The molecule has 0 amide bonds. The largest absolute Gasteiger partial charge is 0.434 e. The number of benzene rings is 1. The van der Waals surface area contributed by atoms with E-state index in [0.29, 0.717) is 5.69 Å². The third kappa shape index (κ3) is 2.46. The number of halogens is 2. The Morgan fingerprint density at radius 2 is 2.06 bits per heavy atom. The molecule has 0 saturated carbocycles. The van der Waals surface area contributed by atoms with Gasteiger partial charge in [-0.3, -0.25) is 4.98 Å². The molecular formula is C11H8ClFN2O. The second-order valence-corrected chi connectivity index (χ2v) is 3.28.